The number of nitrogens with zero attached hydrogens (tertiary/aromatic N) is 3. The van der Waals surface area contributed by atoms with E-state index >= 15 is 0 Å². The van der Waals surface area contributed by atoms with E-state index < -0.39 is 71.2 Å². The molecule has 0 unspecified atom stereocenters. The monoisotopic (exact) mass is 1230 g/mol. The number of methoxy groups -OCH3 is 4. The van der Waals surface area contributed by atoms with Gasteiger partial charge in [-0.05, 0) is 122 Å². The van der Waals surface area contributed by atoms with Crippen LogP contribution in [0.3, 0.4) is 0 Å². The standard InChI is InChI=1S/C60H82N16O13/c1-86-49-17-13-33(25-37(49)53(62)81)30-46(78)42(10-6-21-70-57(63)64)74-55(83)39-27-35(15-19-51(39)88-3)32-48(80)44(12-8-23-72-59(67)68)76-56(84)40-28-36(16-20-52(40)89-4)31-47(79)43(11-7-22-71-58(65)66)75-54(82)38-26-34(14-18-50(38)87-2)29-45(77)41(61)9-5-24-73-60(69)85/h13-20,25-28,41-44H,5-12,21-24,29-32,61H2,1-4H3,(H2,62,81)(H,74,83)(H,75,82)(H,76,84)(H4,63,64,70)(H4,65,66,71)(H4,67,68,72)(H3,69,73,85)/t41-,42-,43-,44-/m1/s1. The molecule has 4 rings (SSSR count). The summed E-state index contributed by atoms with van der Waals surface area (Å²) < 4.78 is 21.8. The maximum atomic E-state index is 14.4. The minimum absolute atomic E-state index is 0.0235. The second-order valence-corrected chi connectivity index (χ2v) is 20.5. The lowest BCUT2D eigenvalue weighted by Crippen LogP contribution is -2.42. The van der Waals surface area contributed by atoms with Crippen molar-refractivity contribution < 1.29 is 62.1 Å². The number of nitrogens with two attached hydrogens (primary N) is 9. The quantitative estimate of drug-likeness (QED) is 0.0154. The van der Waals surface area contributed by atoms with Crippen LogP contribution in [0.2, 0.25) is 0 Å². The van der Waals surface area contributed by atoms with Gasteiger partial charge in [-0.2, -0.15) is 0 Å². The number of hydrogen-bond acceptors (Lipinski definition) is 17. The molecule has 29 nitrogen and oxygen atoms in total. The predicted octanol–water partition coefficient (Wildman–Crippen LogP) is -0.401. The average Bonchev–Trinajstić information content (AvgIpc) is 2.33. The lowest BCUT2D eigenvalue weighted by molar-refractivity contribution is -0.121. The molecule has 0 aromatic heterocycles. The highest BCUT2D eigenvalue weighted by Crippen LogP contribution is 2.26. The molecule has 6 amide bonds. The largest absolute Gasteiger partial charge is 0.496 e. The van der Waals surface area contributed by atoms with Crippen molar-refractivity contribution in [2.24, 2.45) is 66.6 Å². The van der Waals surface area contributed by atoms with Crippen LogP contribution in [0.1, 0.15) is 115 Å². The van der Waals surface area contributed by atoms with E-state index in [1.165, 1.54) is 77.0 Å². The molecular formula is C60H82N16O13. The number of Topliss-reactive ketones (excluding diaryl/α,β-unsaturated/α-hetero) is 4. The van der Waals surface area contributed by atoms with Crippen LogP contribution >= 0.6 is 0 Å². The summed E-state index contributed by atoms with van der Waals surface area (Å²) in [5.41, 5.74) is 51.7. The average molecular weight is 1240 g/mol. The Morgan fingerprint density at radius 3 is 0.978 bits per heavy atom. The molecule has 0 aliphatic carbocycles. The van der Waals surface area contributed by atoms with Crippen molar-refractivity contribution >= 4 is 70.7 Å². The van der Waals surface area contributed by atoms with Gasteiger partial charge in [-0.3, -0.25) is 53.3 Å². The third kappa shape index (κ3) is 23.5. The van der Waals surface area contributed by atoms with E-state index in [9.17, 15) is 43.2 Å². The molecule has 22 N–H and O–H groups in total. The summed E-state index contributed by atoms with van der Waals surface area (Å²) in [6.45, 7) is 0.603. The Morgan fingerprint density at radius 2 is 0.697 bits per heavy atom. The van der Waals surface area contributed by atoms with Crippen molar-refractivity contribution in [3.63, 3.8) is 0 Å². The molecule has 0 aliphatic rings. The highest BCUT2D eigenvalue weighted by Gasteiger charge is 2.29. The number of carbonyl (C=O) groups is 9. The number of benzene rings is 4. The SMILES string of the molecule is COc1ccc(CC(=O)[C@@H](CCCN=C(N)N)NC(=O)c2cc(CC(=O)[C@@H](CCCN=C(N)N)NC(=O)c3cc(CC(=O)[C@@H](CCCN=C(N)N)NC(=O)c4cc(CC(=O)[C@H](N)CCCNC(N)=O)ccc4OC)ccc3OC)ccc2OC)cc1C(N)=O. The zero-order valence-corrected chi connectivity index (χ0v) is 50.4. The summed E-state index contributed by atoms with van der Waals surface area (Å²) in [4.78, 5) is 134. The molecule has 0 heterocycles. The van der Waals surface area contributed by atoms with Crippen LogP contribution in [0, 0.1) is 0 Å². The van der Waals surface area contributed by atoms with Crippen LogP contribution in [0.15, 0.2) is 87.8 Å². The first kappa shape index (κ1) is 71.2. The molecule has 0 saturated heterocycles. The molecule has 89 heavy (non-hydrogen) atoms. The van der Waals surface area contributed by atoms with E-state index in [4.69, 9.17) is 70.6 Å². The fourth-order valence-electron chi connectivity index (χ4n) is 9.34. The minimum Gasteiger partial charge on any atom is -0.496 e. The van der Waals surface area contributed by atoms with Gasteiger partial charge < -0.3 is 91.8 Å². The molecule has 0 aliphatic heterocycles. The number of ether oxygens (including phenoxy) is 4. The van der Waals surface area contributed by atoms with Crippen LogP contribution in [0.5, 0.6) is 23.0 Å². The van der Waals surface area contributed by atoms with Gasteiger partial charge in [0.15, 0.2) is 41.0 Å². The van der Waals surface area contributed by atoms with Crippen LogP contribution < -0.4 is 91.8 Å². The summed E-state index contributed by atoms with van der Waals surface area (Å²) in [5.74, 6) is -4.59. The van der Waals surface area contributed by atoms with Gasteiger partial charge in [-0.15, -0.1) is 0 Å². The van der Waals surface area contributed by atoms with Crippen molar-refractivity contribution in [3.8, 4) is 23.0 Å². The number of nitrogens with one attached hydrogen (secondary N) is 4. The molecule has 0 fully saturated rings. The third-order valence-corrected chi connectivity index (χ3v) is 13.9. The molecule has 29 heteroatoms. The van der Waals surface area contributed by atoms with Gasteiger partial charge in [-0.1, -0.05) is 24.3 Å². The summed E-state index contributed by atoms with van der Waals surface area (Å²) in [6, 6.07) is 13.1. The van der Waals surface area contributed by atoms with Gasteiger partial charge in [0.1, 0.15) is 23.0 Å². The number of ketones is 4. The summed E-state index contributed by atoms with van der Waals surface area (Å²) >= 11 is 0. The number of urea groups is 1. The zero-order valence-electron chi connectivity index (χ0n) is 50.4. The number of aliphatic imine (C=N–C) groups is 3. The van der Waals surface area contributed by atoms with Crippen molar-refractivity contribution in [3.05, 3.63) is 117 Å². The van der Waals surface area contributed by atoms with Gasteiger partial charge in [0, 0.05) is 51.9 Å². The molecule has 0 bridgehead atoms. The Morgan fingerprint density at radius 1 is 0.404 bits per heavy atom. The lowest BCUT2D eigenvalue weighted by Gasteiger charge is -2.21. The molecule has 4 atom stereocenters. The van der Waals surface area contributed by atoms with Gasteiger partial charge in [0.05, 0.1) is 74.9 Å². The van der Waals surface area contributed by atoms with Gasteiger partial charge >= 0.3 is 6.03 Å². The fraction of sp³-hybridized carbons (Fsp3) is 0.400. The molecule has 0 saturated carbocycles. The van der Waals surface area contributed by atoms with Gasteiger partial charge in [-0.25, -0.2) is 4.79 Å². The first-order valence-electron chi connectivity index (χ1n) is 28.3. The highest BCUT2D eigenvalue weighted by molar-refractivity contribution is 6.04. The normalized spacial score (nSPS) is 12.1. The van der Waals surface area contributed by atoms with E-state index in [1.54, 1.807) is 24.3 Å². The molecule has 480 valence electrons. The van der Waals surface area contributed by atoms with Crippen molar-refractivity contribution in [1.29, 1.82) is 0 Å². The van der Waals surface area contributed by atoms with E-state index in [0.717, 1.165) is 0 Å². The first-order chi connectivity index (χ1) is 42.4. The van der Waals surface area contributed by atoms with Crippen LogP contribution in [-0.2, 0) is 44.9 Å². The second kappa shape index (κ2) is 36.0. The Labute approximate surface area is 515 Å². The van der Waals surface area contributed by atoms with Gasteiger partial charge in [0.2, 0.25) is 0 Å². The summed E-state index contributed by atoms with van der Waals surface area (Å²) in [6.07, 6.45) is 0.690. The second-order valence-electron chi connectivity index (χ2n) is 20.5. The molecule has 4 aromatic carbocycles. The topological polar surface area (TPSA) is 510 Å². The minimum atomic E-state index is -1.18. The number of hydrogen-bond donors (Lipinski definition) is 13. The number of carbonyl (C=O) groups excluding carboxylic acids is 9. The number of rotatable bonds is 39. The van der Waals surface area contributed by atoms with Crippen molar-refractivity contribution in [2.45, 2.75) is 101 Å². The van der Waals surface area contributed by atoms with Crippen molar-refractivity contribution in [2.75, 3.05) is 54.6 Å². The van der Waals surface area contributed by atoms with Crippen LogP contribution in [0.4, 0.5) is 4.79 Å². The van der Waals surface area contributed by atoms with E-state index in [2.05, 4.69) is 36.2 Å². The molecular weight excluding hydrogens is 1150 g/mol. The maximum Gasteiger partial charge on any atom is 0.312 e. The Kier molecular flexibility index (Phi) is 28.8. The number of guanidine groups is 3. The molecule has 0 radical (unpaired) electrons. The first-order valence-corrected chi connectivity index (χ1v) is 28.3. The van der Waals surface area contributed by atoms with Crippen LogP contribution in [0.25, 0.3) is 0 Å². The molecule has 0 spiro atoms. The number of amides is 6. The fourth-order valence-corrected chi connectivity index (χ4v) is 9.34. The zero-order chi connectivity index (χ0) is 65.7. The van der Waals surface area contributed by atoms with E-state index in [-0.39, 0.29) is 166 Å². The highest BCUT2D eigenvalue weighted by atomic mass is 16.5. The van der Waals surface area contributed by atoms with Crippen molar-refractivity contribution in [1.82, 2.24) is 21.3 Å². The summed E-state index contributed by atoms with van der Waals surface area (Å²) in [7, 11) is 5.40. The third-order valence-electron chi connectivity index (χ3n) is 13.9. The van der Waals surface area contributed by atoms with E-state index in [0.29, 0.717) is 28.7 Å². The predicted molar refractivity (Wildman–Crippen MR) is 334 cm³/mol. The Bertz CT molecular complexity index is 3270. The Balaban J connectivity index is 1.60. The number of primary amides is 2. The molecule has 4 aromatic rings. The maximum absolute atomic E-state index is 14.4. The van der Waals surface area contributed by atoms with Gasteiger partial charge in [0.25, 0.3) is 23.6 Å². The Hall–Kier alpha value is -10.3. The lowest BCUT2D eigenvalue weighted by atomic mass is 9.96. The van der Waals surface area contributed by atoms with E-state index in [1.807, 2.05) is 0 Å². The smallest absolute Gasteiger partial charge is 0.312 e. The van der Waals surface area contributed by atoms with Crippen LogP contribution in [-0.4, -0.2) is 149 Å². The summed E-state index contributed by atoms with van der Waals surface area (Å²) in [5, 5.41) is 10.8.